The van der Waals surface area contributed by atoms with Crippen molar-refractivity contribution in [1.82, 2.24) is 5.32 Å². The van der Waals surface area contributed by atoms with Gasteiger partial charge in [-0.3, -0.25) is 0 Å². The van der Waals surface area contributed by atoms with E-state index in [9.17, 15) is 0 Å². The van der Waals surface area contributed by atoms with E-state index in [0.717, 1.165) is 24.6 Å². The molecule has 1 saturated carbocycles. The van der Waals surface area contributed by atoms with Gasteiger partial charge in [-0.15, -0.1) is 0 Å². The zero-order valence-electron chi connectivity index (χ0n) is 14.5. The predicted octanol–water partition coefficient (Wildman–Crippen LogP) is 4.29. The van der Waals surface area contributed by atoms with Crippen LogP contribution in [0.3, 0.4) is 0 Å². The molecule has 0 radical (unpaired) electrons. The van der Waals surface area contributed by atoms with Crippen LogP contribution in [0.25, 0.3) is 0 Å². The Bertz CT molecular complexity index is 447. The van der Waals surface area contributed by atoms with Crippen molar-refractivity contribution in [2.24, 2.45) is 16.7 Å². The van der Waals surface area contributed by atoms with E-state index in [2.05, 4.69) is 52.1 Å². The number of hydrogen-bond donors (Lipinski definition) is 1. The van der Waals surface area contributed by atoms with Crippen molar-refractivity contribution in [3.05, 3.63) is 29.8 Å². The lowest BCUT2D eigenvalue weighted by Gasteiger charge is -2.15. The van der Waals surface area contributed by atoms with Gasteiger partial charge in [0, 0.05) is 6.04 Å². The molecule has 118 valence electrons. The summed E-state index contributed by atoms with van der Waals surface area (Å²) in [4.78, 5) is 0. The Morgan fingerprint density at radius 3 is 2.14 bits per heavy atom. The molecule has 0 saturated heterocycles. The van der Waals surface area contributed by atoms with E-state index in [4.69, 9.17) is 4.74 Å². The SMILES string of the molecule is COc1ccc(CCC(C)NCC2C(C)(C)C2(C)C)cc1. The number of benzene rings is 1. The first kappa shape index (κ1) is 16.4. The molecule has 0 bridgehead atoms. The molecule has 2 heteroatoms. The molecule has 2 rings (SSSR count). The van der Waals surface area contributed by atoms with Gasteiger partial charge in [0.2, 0.25) is 0 Å². The molecular weight excluding hydrogens is 258 g/mol. The second-order valence-electron chi connectivity index (χ2n) is 7.69. The van der Waals surface area contributed by atoms with E-state index in [1.807, 2.05) is 12.1 Å². The lowest BCUT2D eigenvalue weighted by Crippen LogP contribution is -2.29. The summed E-state index contributed by atoms with van der Waals surface area (Å²) >= 11 is 0. The first-order valence-electron chi connectivity index (χ1n) is 8.15. The number of methoxy groups -OCH3 is 1. The number of aryl methyl sites for hydroxylation is 1. The van der Waals surface area contributed by atoms with Gasteiger partial charge in [-0.2, -0.15) is 0 Å². The Balaban J connectivity index is 1.72. The second-order valence-corrected chi connectivity index (χ2v) is 7.69. The minimum atomic E-state index is 0.482. The van der Waals surface area contributed by atoms with Crippen LogP contribution in [-0.2, 0) is 6.42 Å². The zero-order valence-corrected chi connectivity index (χ0v) is 14.5. The summed E-state index contributed by atoms with van der Waals surface area (Å²) in [6.45, 7) is 13.0. The molecule has 0 heterocycles. The average Bonchev–Trinajstić information content (AvgIpc) is 2.84. The van der Waals surface area contributed by atoms with Crippen LogP contribution in [0.4, 0.5) is 0 Å². The third kappa shape index (κ3) is 3.42. The number of ether oxygens (including phenoxy) is 1. The molecule has 2 nitrogen and oxygen atoms in total. The zero-order chi connectivity index (χ0) is 15.7. The summed E-state index contributed by atoms with van der Waals surface area (Å²) in [5, 5.41) is 3.72. The van der Waals surface area contributed by atoms with Crippen LogP contribution in [0.5, 0.6) is 5.75 Å². The monoisotopic (exact) mass is 289 g/mol. The Morgan fingerprint density at radius 2 is 1.67 bits per heavy atom. The van der Waals surface area contributed by atoms with Crippen molar-refractivity contribution in [1.29, 1.82) is 0 Å². The van der Waals surface area contributed by atoms with Gasteiger partial charge in [-0.25, -0.2) is 0 Å². The van der Waals surface area contributed by atoms with Crippen LogP contribution in [0.15, 0.2) is 24.3 Å². The highest BCUT2D eigenvalue weighted by Crippen LogP contribution is 2.67. The first-order valence-corrected chi connectivity index (χ1v) is 8.15. The van der Waals surface area contributed by atoms with E-state index < -0.39 is 0 Å². The summed E-state index contributed by atoms with van der Waals surface area (Å²) in [6, 6.07) is 8.99. The minimum absolute atomic E-state index is 0.482. The summed E-state index contributed by atoms with van der Waals surface area (Å²) in [7, 11) is 1.71. The van der Waals surface area contributed by atoms with Gasteiger partial charge >= 0.3 is 0 Å². The van der Waals surface area contributed by atoms with Gasteiger partial charge in [0.05, 0.1) is 7.11 Å². The summed E-state index contributed by atoms with van der Waals surface area (Å²) in [6.07, 6.45) is 2.30. The maximum atomic E-state index is 5.19. The first-order chi connectivity index (χ1) is 9.79. The third-order valence-electron chi connectivity index (χ3n) is 6.02. The van der Waals surface area contributed by atoms with Gasteiger partial charge in [-0.1, -0.05) is 39.8 Å². The molecule has 1 aliphatic rings. The highest BCUT2D eigenvalue weighted by Gasteiger charge is 2.63. The highest BCUT2D eigenvalue weighted by atomic mass is 16.5. The maximum Gasteiger partial charge on any atom is 0.118 e. The van der Waals surface area contributed by atoms with Crippen molar-refractivity contribution < 1.29 is 4.74 Å². The topological polar surface area (TPSA) is 21.3 Å². The van der Waals surface area contributed by atoms with Crippen LogP contribution in [0, 0.1) is 16.7 Å². The molecule has 0 spiro atoms. The van der Waals surface area contributed by atoms with E-state index in [1.54, 1.807) is 7.11 Å². The number of nitrogens with one attached hydrogen (secondary N) is 1. The molecule has 0 aromatic heterocycles. The molecular formula is C19H31NO. The van der Waals surface area contributed by atoms with Crippen LogP contribution in [0.2, 0.25) is 0 Å². The second kappa shape index (κ2) is 6.00. The van der Waals surface area contributed by atoms with Crippen LogP contribution >= 0.6 is 0 Å². The quantitative estimate of drug-likeness (QED) is 0.808. The molecule has 1 unspecified atom stereocenters. The smallest absolute Gasteiger partial charge is 0.118 e. The van der Waals surface area contributed by atoms with Crippen LogP contribution in [-0.4, -0.2) is 19.7 Å². The number of hydrogen-bond acceptors (Lipinski definition) is 2. The highest BCUT2D eigenvalue weighted by molar-refractivity contribution is 5.27. The molecule has 1 atom stereocenters. The lowest BCUT2D eigenvalue weighted by molar-refractivity contribution is 0.414. The Hall–Kier alpha value is -1.02. The Kier molecular flexibility index (Phi) is 4.67. The van der Waals surface area contributed by atoms with Crippen molar-refractivity contribution in [2.75, 3.05) is 13.7 Å². The molecule has 1 aromatic rings. The van der Waals surface area contributed by atoms with Gasteiger partial charge in [0.15, 0.2) is 0 Å². The fraction of sp³-hybridized carbons (Fsp3) is 0.684. The summed E-state index contributed by atoms with van der Waals surface area (Å²) in [5.41, 5.74) is 2.35. The average molecular weight is 289 g/mol. The molecule has 1 N–H and O–H groups in total. The van der Waals surface area contributed by atoms with E-state index in [1.165, 1.54) is 12.0 Å². The van der Waals surface area contributed by atoms with Gasteiger partial charge in [0.1, 0.15) is 5.75 Å². The van der Waals surface area contributed by atoms with Gasteiger partial charge < -0.3 is 10.1 Å². The van der Waals surface area contributed by atoms with Crippen LogP contribution in [0.1, 0.15) is 46.6 Å². The van der Waals surface area contributed by atoms with Gasteiger partial charge in [-0.05, 0) is 60.8 Å². The fourth-order valence-electron chi connectivity index (χ4n) is 3.44. The predicted molar refractivity (Wildman–Crippen MR) is 89.8 cm³/mol. The molecule has 1 fully saturated rings. The maximum absolute atomic E-state index is 5.19. The summed E-state index contributed by atoms with van der Waals surface area (Å²) < 4.78 is 5.19. The van der Waals surface area contributed by atoms with Crippen molar-refractivity contribution in [3.8, 4) is 5.75 Å². The van der Waals surface area contributed by atoms with Crippen molar-refractivity contribution in [3.63, 3.8) is 0 Å². The Morgan fingerprint density at radius 1 is 1.10 bits per heavy atom. The van der Waals surface area contributed by atoms with E-state index in [-0.39, 0.29) is 0 Å². The van der Waals surface area contributed by atoms with Crippen molar-refractivity contribution >= 4 is 0 Å². The fourth-order valence-corrected chi connectivity index (χ4v) is 3.44. The molecule has 0 aliphatic heterocycles. The molecule has 21 heavy (non-hydrogen) atoms. The molecule has 1 aromatic carbocycles. The normalized spacial score (nSPS) is 21.0. The largest absolute Gasteiger partial charge is 0.497 e. The minimum Gasteiger partial charge on any atom is -0.497 e. The Labute approximate surface area is 130 Å². The van der Waals surface area contributed by atoms with Crippen LogP contribution < -0.4 is 10.1 Å². The molecule has 0 amide bonds. The van der Waals surface area contributed by atoms with E-state index >= 15 is 0 Å². The van der Waals surface area contributed by atoms with Gasteiger partial charge in [0.25, 0.3) is 0 Å². The summed E-state index contributed by atoms with van der Waals surface area (Å²) in [5.74, 6) is 1.73. The van der Waals surface area contributed by atoms with Crippen molar-refractivity contribution in [2.45, 2.75) is 53.5 Å². The molecule has 1 aliphatic carbocycles. The van der Waals surface area contributed by atoms with E-state index in [0.29, 0.717) is 16.9 Å². The lowest BCUT2D eigenvalue weighted by atomic mass is 10.0. The standard InChI is InChI=1S/C19H31NO/c1-14(20-13-17-18(2,3)19(17,4)5)7-8-15-9-11-16(21-6)12-10-15/h9-12,14,17,20H,7-8,13H2,1-6H3. The third-order valence-corrected chi connectivity index (χ3v) is 6.02. The number of rotatable bonds is 7.